The van der Waals surface area contributed by atoms with Crippen molar-refractivity contribution in [3.05, 3.63) is 41.1 Å². The van der Waals surface area contributed by atoms with E-state index in [1.807, 2.05) is 25.1 Å². The highest BCUT2D eigenvalue weighted by molar-refractivity contribution is 6.00. The molecule has 1 aromatic heterocycles. The number of hydrogen-bond donors (Lipinski definition) is 1. The molecular weight excluding hydrogens is 390 g/mol. The number of aryl methyl sites for hydroxylation is 1. The van der Waals surface area contributed by atoms with Crippen molar-refractivity contribution in [2.75, 3.05) is 0 Å². The van der Waals surface area contributed by atoms with Crippen LogP contribution in [-0.4, -0.2) is 34.0 Å². The second-order valence-electron chi connectivity index (χ2n) is 9.36. The largest absolute Gasteiger partial charge is 0.421 e. The third kappa shape index (κ3) is 4.00. The van der Waals surface area contributed by atoms with Crippen LogP contribution in [0.3, 0.4) is 0 Å². The first kappa shape index (κ1) is 20.3. The van der Waals surface area contributed by atoms with Crippen LogP contribution >= 0.6 is 0 Å². The fourth-order valence-electron chi connectivity index (χ4n) is 5.44. The lowest BCUT2D eigenvalue weighted by Gasteiger charge is -2.35. The lowest BCUT2D eigenvalue weighted by atomic mass is 9.94. The van der Waals surface area contributed by atoms with Gasteiger partial charge >= 0.3 is 6.09 Å². The summed E-state index contributed by atoms with van der Waals surface area (Å²) in [6, 6.07) is 8.27. The Balaban J connectivity index is 1.47. The van der Waals surface area contributed by atoms with Crippen LogP contribution in [0.15, 0.2) is 24.3 Å². The number of alkyl carbamates (subject to hydrolysis) is 1. The fourth-order valence-corrected chi connectivity index (χ4v) is 5.44. The lowest BCUT2D eigenvalue weighted by Crippen LogP contribution is -2.43. The van der Waals surface area contributed by atoms with Gasteiger partial charge in [0.25, 0.3) is 5.91 Å². The molecule has 6 nitrogen and oxygen atoms in total. The molecular formula is C25H31N3O3. The highest BCUT2D eigenvalue weighted by atomic mass is 16.6. The summed E-state index contributed by atoms with van der Waals surface area (Å²) >= 11 is 0. The molecule has 2 aliphatic carbocycles. The van der Waals surface area contributed by atoms with Gasteiger partial charge in [0.15, 0.2) is 0 Å². The smallest absolute Gasteiger partial charge is 0.409 e. The minimum absolute atomic E-state index is 0.0905. The highest BCUT2D eigenvalue weighted by Gasteiger charge is 2.44. The number of carbonyl (C=O) groups is 2. The maximum absolute atomic E-state index is 13.4. The van der Waals surface area contributed by atoms with Gasteiger partial charge in [-0.05, 0) is 50.8 Å². The van der Waals surface area contributed by atoms with Crippen molar-refractivity contribution in [3.8, 4) is 0 Å². The minimum Gasteiger partial charge on any atom is -0.421 e. The minimum atomic E-state index is -0.702. The van der Waals surface area contributed by atoms with E-state index in [0.717, 1.165) is 67.8 Å². The molecule has 2 saturated carbocycles. The number of carbonyl (C=O) groups excluding carboxylic acids is 2. The molecule has 0 unspecified atom stereocenters. The molecule has 2 amide bonds. The Morgan fingerprint density at radius 1 is 1.03 bits per heavy atom. The molecule has 1 aromatic carbocycles. The summed E-state index contributed by atoms with van der Waals surface area (Å²) in [6.07, 6.45) is 9.64. The Labute approximate surface area is 183 Å². The Morgan fingerprint density at radius 3 is 2.48 bits per heavy atom. The van der Waals surface area contributed by atoms with E-state index in [0.29, 0.717) is 11.3 Å². The highest BCUT2D eigenvalue weighted by Crippen LogP contribution is 2.40. The predicted octanol–water partition coefficient (Wildman–Crippen LogP) is 5.39. The number of rotatable bonds is 3. The van der Waals surface area contributed by atoms with Crippen molar-refractivity contribution in [2.24, 2.45) is 0 Å². The first-order valence-electron chi connectivity index (χ1n) is 11.8. The van der Waals surface area contributed by atoms with E-state index in [1.165, 1.54) is 12.8 Å². The Morgan fingerprint density at radius 2 is 1.74 bits per heavy atom. The van der Waals surface area contributed by atoms with Crippen molar-refractivity contribution in [2.45, 2.75) is 89.4 Å². The molecule has 2 fully saturated rings. The molecule has 1 N–H and O–H groups in total. The summed E-state index contributed by atoms with van der Waals surface area (Å²) in [4.78, 5) is 32.8. The standard InChI is InChI=1S/C25H31N3O3/c1-16-12-13-21-17(14-16)15-20-22(27-21)23(29)28(19-10-6-3-7-11-19)24(20)31-25(30)26-18-8-4-2-5-9-18/h12-15,18-19,24H,2-11H2,1H3,(H,26,30)/t24-/m0/s1. The zero-order chi connectivity index (χ0) is 21.4. The Kier molecular flexibility index (Phi) is 5.55. The van der Waals surface area contributed by atoms with Gasteiger partial charge in [0.05, 0.1) is 5.52 Å². The number of hydrogen-bond acceptors (Lipinski definition) is 4. The van der Waals surface area contributed by atoms with E-state index >= 15 is 0 Å². The lowest BCUT2D eigenvalue weighted by molar-refractivity contribution is -0.0232. The van der Waals surface area contributed by atoms with E-state index in [1.54, 1.807) is 4.90 Å². The topological polar surface area (TPSA) is 71.5 Å². The first-order valence-corrected chi connectivity index (χ1v) is 11.8. The maximum atomic E-state index is 13.4. The molecule has 0 bridgehead atoms. The first-order chi connectivity index (χ1) is 15.1. The van der Waals surface area contributed by atoms with Gasteiger partial charge in [-0.25, -0.2) is 9.78 Å². The van der Waals surface area contributed by atoms with Gasteiger partial charge in [0, 0.05) is 23.0 Å². The number of nitrogens with zero attached hydrogens (tertiary/aromatic N) is 2. The van der Waals surface area contributed by atoms with Gasteiger partial charge in [0.2, 0.25) is 6.23 Å². The summed E-state index contributed by atoms with van der Waals surface area (Å²) in [7, 11) is 0. The number of fused-ring (bicyclic) bond motifs is 2. The van der Waals surface area contributed by atoms with Crippen LogP contribution in [0.4, 0.5) is 4.79 Å². The number of pyridine rings is 1. The van der Waals surface area contributed by atoms with Gasteiger partial charge in [0.1, 0.15) is 5.69 Å². The van der Waals surface area contributed by atoms with Gasteiger partial charge in [-0.1, -0.05) is 50.2 Å². The average Bonchev–Trinajstić information content (AvgIpc) is 3.04. The van der Waals surface area contributed by atoms with Crippen molar-refractivity contribution >= 4 is 22.9 Å². The molecule has 2 heterocycles. The summed E-state index contributed by atoms with van der Waals surface area (Å²) < 4.78 is 5.97. The van der Waals surface area contributed by atoms with E-state index in [-0.39, 0.29) is 18.0 Å². The van der Waals surface area contributed by atoms with Crippen LogP contribution in [0, 0.1) is 6.92 Å². The molecule has 31 heavy (non-hydrogen) atoms. The molecule has 0 radical (unpaired) electrons. The van der Waals surface area contributed by atoms with Crippen molar-refractivity contribution in [1.29, 1.82) is 0 Å². The number of aromatic nitrogens is 1. The van der Waals surface area contributed by atoms with Crippen LogP contribution in [0.2, 0.25) is 0 Å². The molecule has 5 rings (SSSR count). The third-order valence-corrected chi connectivity index (χ3v) is 7.07. The molecule has 164 valence electrons. The van der Waals surface area contributed by atoms with E-state index in [4.69, 9.17) is 9.72 Å². The monoisotopic (exact) mass is 421 g/mol. The third-order valence-electron chi connectivity index (χ3n) is 7.07. The quantitative estimate of drug-likeness (QED) is 0.721. The predicted molar refractivity (Wildman–Crippen MR) is 119 cm³/mol. The molecule has 2 aromatic rings. The maximum Gasteiger partial charge on any atom is 0.409 e. The number of ether oxygens (including phenoxy) is 1. The van der Waals surface area contributed by atoms with Gasteiger partial charge in [-0.3, -0.25) is 9.69 Å². The second-order valence-corrected chi connectivity index (χ2v) is 9.36. The SMILES string of the molecule is Cc1ccc2nc3c(cc2c1)[C@H](OC(=O)NC1CCCCC1)N(C1CCCCC1)C3=O. The molecule has 6 heteroatoms. The number of amides is 2. The van der Waals surface area contributed by atoms with Crippen molar-refractivity contribution in [3.63, 3.8) is 0 Å². The Bertz CT molecular complexity index is 993. The normalized spacial score (nSPS) is 22.5. The second kappa shape index (κ2) is 8.48. The molecule has 0 spiro atoms. The van der Waals surface area contributed by atoms with Crippen molar-refractivity contribution in [1.82, 2.24) is 15.2 Å². The number of nitrogens with one attached hydrogen (secondary N) is 1. The van der Waals surface area contributed by atoms with E-state index < -0.39 is 12.3 Å². The van der Waals surface area contributed by atoms with Crippen LogP contribution in [0.5, 0.6) is 0 Å². The van der Waals surface area contributed by atoms with E-state index in [9.17, 15) is 9.59 Å². The summed E-state index contributed by atoms with van der Waals surface area (Å²) in [5.74, 6) is -0.111. The van der Waals surface area contributed by atoms with Crippen LogP contribution in [0.25, 0.3) is 10.9 Å². The summed E-state index contributed by atoms with van der Waals surface area (Å²) in [5, 5.41) is 4.01. The molecule has 0 saturated heterocycles. The fraction of sp³-hybridized carbons (Fsp3) is 0.560. The summed E-state index contributed by atoms with van der Waals surface area (Å²) in [5.41, 5.74) is 3.08. The van der Waals surface area contributed by atoms with Gasteiger partial charge in [-0.2, -0.15) is 0 Å². The number of benzene rings is 1. The van der Waals surface area contributed by atoms with Gasteiger partial charge < -0.3 is 10.1 Å². The van der Waals surface area contributed by atoms with Crippen LogP contribution in [-0.2, 0) is 4.74 Å². The molecule has 3 aliphatic rings. The average molecular weight is 422 g/mol. The van der Waals surface area contributed by atoms with Crippen LogP contribution < -0.4 is 5.32 Å². The Hall–Kier alpha value is -2.63. The van der Waals surface area contributed by atoms with E-state index in [2.05, 4.69) is 11.4 Å². The summed E-state index contributed by atoms with van der Waals surface area (Å²) in [6.45, 7) is 2.04. The van der Waals surface area contributed by atoms with Crippen LogP contribution in [0.1, 0.15) is 92.1 Å². The zero-order valence-corrected chi connectivity index (χ0v) is 18.2. The zero-order valence-electron chi connectivity index (χ0n) is 18.2. The van der Waals surface area contributed by atoms with Gasteiger partial charge in [-0.15, -0.1) is 0 Å². The molecule has 1 aliphatic heterocycles. The molecule has 1 atom stereocenters. The van der Waals surface area contributed by atoms with Crippen molar-refractivity contribution < 1.29 is 14.3 Å².